The Morgan fingerprint density at radius 1 is 1.35 bits per heavy atom. The zero-order valence-corrected chi connectivity index (χ0v) is 12.5. The first-order valence-corrected chi connectivity index (χ1v) is 6.97. The number of pyridine rings is 1. The molecule has 1 aromatic carbocycles. The molecule has 3 aromatic rings. The third kappa shape index (κ3) is 3.00. The van der Waals surface area contributed by atoms with E-state index in [0.29, 0.717) is 30.3 Å². The summed E-state index contributed by atoms with van der Waals surface area (Å²) in [5.74, 6) is 0.496. The fourth-order valence-electron chi connectivity index (χ4n) is 2.22. The van der Waals surface area contributed by atoms with Crippen molar-refractivity contribution in [3.05, 3.63) is 42.6 Å². The van der Waals surface area contributed by atoms with Gasteiger partial charge in [-0.05, 0) is 24.3 Å². The lowest BCUT2D eigenvalue weighted by Gasteiger charge is -2.04. The van der Waals surface area contributed by atoms with Gasteiger partial charge < -0.3 is 15.2 Å². The van der Waals surface area contributed by atoms with Crippen LogP contribution in [0, 0.1) is 6.07 Å². The molecule has 0 saturated heterocycles. The van der Waals surface area contributed by atoms with Gasteiger partial charge in [0.05, 0.1) is 12.1 Å². The fourth-order valence-corrected chi connectivity index (χ4v) is 2.22. The normalized spacial score (nSPS) is 10.8. The molecule has 3 rings (SSSR count). The number of hydrogen-bond donors (Lipinski definition) is 1. The number of methoxy groups -OCH3 is 1. The number of benzene rings is 1. The summed E-state index contributed by atoms with van der Waals surface area (Å²) in [6.07, 6.45) is 1.64. The van der Waals surface area contributed by atoms with E-state index in [0.717, 1.165) is 10.9 Å². The van der Waals surface area contributed by atoms with Crippen molar-refractivity contribution in [3.63, 3.8) is 0 Å². The van der Waals surface area contributed by atoms with Crippen LogP contribution < -0.4 is 10.5 Å². The molecule has 0 aliphatic carbocycles. The smallest absolute Gasteiger partial charge is 0.340 e. The number of nitrogens with two attached hydrogens (primary N) is 1. The van der Waals surface area contributed by atoms with Gasteiger partial charge in [0, 0.05) is 30.3 Å². The Kier molecular flexibility index (Phi) is 4.20. The van der Waals surface area contributed by atoms with Crippen molar-refractivity contribution in [2.45, 2.75) is 0 Å². The molecule has 7 heteroatoms. The highest BCUT2D eigenvalue weighted by Crippen LogP contribution is 2.27. The van der Waals surface area contributed by atoms with E-state index in [2.05, 4.69) is 16.1 Å². The molecule has 0 spiro atoms. The molecule has 1 radical (unpaired) electrons. The van der Waals surface area contributed by atoms with Crippen LogP contribution in [0.25, 0.3) is 22.2 Å². The van der Waals surface area contributed by atoms with Crippen molar-refractivity contribution in [1.82, 2.24) is 14.8 Å². The minimum Gasteiger partial charge on any atom is -0.475 e. The van der Waals surface area contributed by atoms with E-state index in [1.54, 1.807) is 37.6 Å². The highest BCUT2D eigenvalue weighted by Gasteiger charge is 2.15. The van der Waals surface area contributed by atoms with Crippen molar-refractivity contribution >= 4 is 16.9 Å². The van der Waals surface area contributed by atoms with Gasteiger partial charge in [-0.3, -0.25) is 0 Å². The number of primary amides is 1. The van der Waals surface area contributed by atoms with Gasteiger partial charge in [0.25, 0.3) is 0 Å². The molecule has 23 heavy (non-hydrogen) atoms. The number of ether oxygens (including phenoxy) is 2. The van der Waals surface area contributed by atoms with Crippen LogP contribution in [0.4, 0.5) is 4.79 Å². The predicted octanol–water partition coefficient (Wildman–Crippen LogP) is 1.85. The molecule has 0 unspecified atom stereocenters. The van der Waals surface area contributed by atoms with Crippen LogP contribution in [0.15, 0.2) is 36.5 Å². The molecule has 1 amide bonds. The second kappa shape index (κ2) is 6.45. The Bertz CT molecular complexity index is 827. The lowest BCUT2D eigenvalue weighted by atomic mass is 10.1. The van der Waals surface area contributed by atoms with Crippen molar-refractivity contribution in [1.29, 1.82) is 0 Å². The van der Waals surface area contributed by atoms with Gasteiger partial charge >= 0.3 is 6.03 Å². The summed E-state index contributed by atoms with van der Waals surface area (Å²) >= 11 is 0. The standard InChI is InChI=1S/C16H15N4O3/c1-22-8-9-23-14-7-6-11(10-18-14)15-12-4-2-3-5-13(12)20(19-15)16(17)21/h3-7,10H,8-9H2,1H3,(H2,17,21). The van der Waals surface area contributed by atoms with Gasteiger partial charge in [0.15, 0.2) is 0 Å². The van der Waals surface area contributed by atoms with Crippen LogP contribution in [0.3, 0.4) is 0 Å². The Morgan fingerprint density at radius 2 is 2.22 bits per heavy atom. The molecule has 0 saturated carbocycles. The number of nitrogens with zero attached hydrogens (tertiary/aromatic N) is 3. The molecule has 7 nitrogen and oxygen atoms in total. The van der Waals surface area contributed by atoms with Crippen LogP contribution >= 0.6 is 0 Å². The molecule has 2 N–H and O–H groups in total. The monoisotopic (exact) mass is 311 g/mol. The first kappa shape index (κ1) is 15.0. The molecule has 0 bridgehead atoms. The maximum absolute atomic E-state index is 11.5. The van der Waals surface area contributed by atoms with Crippen LogP contribution in [0.2, 0.25) is 0 Å². The molecule has 0 aliphatic rings. The summed E-state index contributed by atoms with van der Waals surface area (Å²) in [4.78, 5) is 15.8. The second-order valence-corrected chi connectivity index (χ2v) is 4.77. The van der Waals surface area contributed by atoms with Crippen molar-refractivity contribution in [3.8, 4) is 17.1 Å². The Balaban J connectivity index is 1.95. The zero-order chi connectivity index (χ0) is 16.2. The number of fused-ring (bicyclic) bond motifs is 1. The third-order valence-corrected chi connectivity index (χ3v) is 3.28. The van der Waals surface area contributed by atoms with Crippen molar-refractivity contribution in [2.75, 3.05) is 20.3 Å². The number of carbonyl (C=O) groups excluding carboxylic acids is 1. The molecular weight excluding hydrogens is 296 g/mol. The van der Waals surface area contributed by atoms with E-state index in [1.165, 1.54) is 4.68 Å². The van der Waals surface area contributed by atoms with E-state index in [-0.39, 0.29) is 0 Å². The average molecular weight is 311 g/mol. The Labute approximate surface area is 132 Å². The lowest BCUT2D eigenvalue weighted by molar-refractivity contribution is 0.144. The minimum atomic E-state index is -0.639. The van der Waals surface area contributed by atoms with Crippen LogP contribution in [0.1, 0.15) is 0 Å². The van der Waals surface area contributed by atoms with Gasteiger partial charge in [-0.1, -0.05) is 6.07 Å². The summed E-state index contributed by atoms with van der Waals surface area (Å²) in [5, 5.41) is 5.06. The maximum Gasteiger partial charge on any atom is 0.340 e. The molecule has 117 valence electrons. The summed E-state index contributed by atoms with van der Waals surface area (Å²) in [5.41, 5.74) is 7.37. The number of rotatable bonds is 5. The molecule has 2 aromatic heterocycles. The predicted molar refractivity (Wildman–Crippen MR) is 84.2 cm³/mol. The molecular formula is C16H15N4O3. The van der Waals surface area contributed by atoms with Gasteiger partial charge in [-0.2, -0.15) is 9.78 Å². The minimum absolute atomic E-state index is 0.428. The molecule has 0 atom stereocenters. The van der Waals surface area contributed by atoms with Crippen LogP contribution in [0.5, 0.6) is 5.88 Å². The third-order valence-electron chi connectivity index (χ3n) is 3.28. The highest BCUT2D eigenvalue weighted by molar-refractivity contribution is 5.98. The molecule has 0 aliphatic heterocycles. The van der Waals surface area contributed by atoms with Gasteiger partial charge in [-0.25, -0.2) is 9.78 Å². The topological polar surface area (TPSA) is 92.3 Å². The SMILES string of the molecule is COCCOc1ccc(-c2nn(C(N)=O)c3cc[c]cc23)cn1. The van der Waals surface area contributed by atoms with E-state index >= 15 is 0 Å². The lowest BCUT2D eigenvalue weighted by Crippen LogP contribution is -2.20. The number of hydrogen-bond acceptors (Lipinski definition) is 5. The maximum atomic E-state index is 11.5. The van der Waals surface area contributed by atoms with Crippen LogP contribution in [-0.4, -0.2) is 41.1 Å². The highest BCUT2D eigenvalue weighted by atomic mass is 16.5. The summed E-state index contributed by atoms with van der Waals surface area (Å²) in [7, 11) is 1.61. The molecule has 2 heterocycles. The summed E-state index contributed by atoms with van der Waals surface area (Å²) in [6.45, 7) is 0.921. The number of carbonyl (C=O) groups is 1. The van der Waals surface area contributed by atoms with E-state index < -0.39 is 6.03 Å². The first-order valence-electron chi connectivity index (χ1n) is 6.97. The van der Waals surface area contributed by atoms with E-state index in [9.17, 15) is 4.79 Å². The van der Waals surface area contributed by atoms with Crippen LogP contribution in [-0.2, 0) is 4.74 Å². The average Bonchev–Trinajstić information content (AvgIpc) is 2.96. The number of amides is 1. The Morgan fingerprint density at radius 3 is 2.91 bits per heavy atom. The van der Waals surface area contributed by atoms with E-state index in [4.69, 9.17) is 15.2 Å². The van der Waals surface area contributed by atoms with E-state index in [1.807, 2.05) is 6.07 Å². The van der Waals surface area contributed by atoms with Crippen molar-refractivity contribution in [2.24, 2.45) is 5.73 Å². The van der Waals surface area contributed by atoms with Gasteiger partial charge in [0.2, 0.25) is 5.88 Å². The quantitative estimate of drug-likeness (QED) is 0.726. The Hall–Kier alpha value is -2.93. The fraction of sp³-hybridized carbons (Fsp3) is 0.188. The van der Waals surface area contributed by atoms with Gasteiger partial charge in [-0.15, -0.1) is 0 Å². The largest absolute Gasteiger partial charge is 0.475 e. The molecule has 0 fully saturated rings. The van der Waals surface area contributed by atoms with Gasteiger partial charge in [0.1, 0.15) is 12.3 Å². The number of aromatic nitrogens is 3. The zero-order valence-electron chi connectivity index (χ0n) is 12.5. The summed E-state index contributed by atoms with van der Waals surface area (Å²) < 4.78 is 11.5. The summed E-state index contributed by atoms with van der Waals surface area (Å²) in [6, 6.07) is 11.1. The van der Waals surface area contributed by atoms with Crippen molar-refractivity contribution < 1.29 is 14.3 Å². The first-order chi connectivity index (χ1) is 11.2. The second-order valence-electron chi connectivity index (χ2n) is 4.77.